The summed E-state index contributed by atoms with van der Waals surface area (Å²) in [6.45, 7) is 4.07. The first-order valence-corrected chi connectivity index (χ1v) is 10.0. The largest absolute Gasteiger partial charge is 0.306 e. The molecule has 1 N–H and O–H groups in total. The van der Waals surface area contributed by atoms with Crippen LogP contribution in [-0.4, -0.2) is 15.7 Å². The van der Waals surface area contributed by atoms with E-state index >= 15 is 0 Å². The van der Waals surface area contributed by atoms with Gasteiger partial charge in [0.2, 0.25) is 0 Å². The number of carbonyl (C=O) groups excluding carboxylic acids is 1. The van der Waals surface area contributed by atoms with Crippen LogP contribution in [0.2, 0.25) is 5.02 Å². The van der Waals surface area contributed by atoms with Gasteiger partial charge in [0, 0.05) is 17.1 Å². The van der Waals surface area contributed by atoms with Crippen molar-refractivity contribution in [2.24, 2.45) is 0 Å². The predicted octanol–water partition coefficient (Wildman–Crippen LogP) is 5.28. The number of nitrogens with zero attached hydrogens (tertiary/aromatic N) is 2. The van der Waals surface area contributed by atoms with E-state index in [1.807, 2.05) is 32.0 Å². The number of rotatable bonds is 3. The zero-order valence-corrected chi connectivity index (χ0v) is 16.4. The van der Waals surface area contributed by atoms with Gasteiger partial charge in [-0.05, 0) is 49.2 Å². The van der Waals surface area contributed by atoms with Crippen LogP contribution in [0.3, 0.4) is 0 Å². The standard InChI is InChI=1S/C20H17ClFN3OS/c1-11-6-7-13(8-12(11)2)25-19(14-9-27-10-17(14)24-25)23-20(26)18-15(21)4-3-5-16(18)22/h3-8H,9-10H2,1-2H3,(H,23,26). The summed E-state index contributed by atoms with van der Waals surface area (Å²) < 4.78 is 15.9. The molecule has 1 aliphatic heterocycles. The van der Waals surface area contributed by atoms with Gasteiger partial charge in [0.15, 0.2) is 0 Å². The Morgan fingerprint density at radius 2 is 2.04 bits per heavy atom. The van der Waals surface area contributed by atoms with Crippen molar-refractivity contribution in [3.05, 3.63) is 75.2 Å². The van der Waals surface area contributed by atoms with Crippen LogP contribution in [0.1, 0.15) is 32.7 Å². The number of anilines is 1. The first-order valence-electron chi connectivity index (χ1n) is 8.47. The number of fused-ring (bicyclic) bond motifs is 1. The highest BCUT2D eigenvalue weighted by Gasteiger charge is 2.26. The number of carbonyl (C=O) groups is 1. The molecule has 2 heterocycles. The fourth-order valence-electron chi connectivity index (χ4n) is 3.07. The van der Waals surface area contributed by atoms with Crippen molar-refractivity contribution >= 4 is 35.1 Å². The van der Waals surface area contributed by atoms with Gasteiger partial charge in [-0.1, -0.05) is 23.7 Å². The van der Waals surface area contributed by atoms with Crippen LogP contribution < -0.4 is 5.32 Å². The molecule has 4 nitrogen and oxygen atoms in total. The Labute approximate surface area is 165 Å². The number of benzene rings is 2. The molecule has 138 valence electrons. The Morgan fingerprint density at radius 1 is 1.22 bits per heavy atom. The Kier molecular flexibility index (Phi) is 4.70. The molecule has 4 rings (SSSR count). The van der Waals surface area contributed by atoms with Gasteiger partial charge in [-0.2, -0.15) is 16.9 Å². The highest BCUT2D eigenvalue weighted by Crippen LogP contribution is 2.36. The molecule has 0 saturated heterocycles. The fourth-order valence-corrected chi connectivity index (χ4v) is 4.35. The van der Waals surface area contributed by atoms with Crippen LogP contribution in [0, 0.1) is 19.7 Å². The van der Waals surface area contributed by atoms with E-state index in [1.54, 1.807) is 16.4 Å². The van der Waals surface area contributed by atoms with E-state index in [2.05, 4.69) is 10.4 Å². The molecule has 1 aliphatic rings. The van der Waals surface area contributed by atoms with Crippen molar-refractivity contribution in [1.29, 1.82) is 0 Å². The monoisotopic (exact) mass is 401 g/mol. The van der Waals surface area contributed by atoms with Crippen molar-refractivity contribution in [1.82, 2.24) is 9.78 Å². The van der Waals surface area contributed by atoms with Gasteiger partial charge < -0.3 is 5.32 Å². The van der Waals surface area contributed by atoms with Crippen LogP contribution >= 0.6 is 23.4 Å². The summed E-state index contributed by atoms with van der Waals surface area (Å²) in [6.07, 6.45) is 0. The van der Waals surface area contributed by atoms with Crippen LogP contribution in [0.5, 0.6) is 0 Å². The maximum absolute atomic E-state index is 14.2. The lowest BCUT2D eigenvalue weighted by Crippen LogP contribution is -2.18. The van der Waals surface area contributed by atoms with Gasteiger partial charge >= 0.3 is 0 Å². The molecule has 0 atom stereocenters. The third kappa shape index (κ3) is 3.24. The average Bonchev–Trinajstić information content (AvgIpc) is 3.20. The lowest BCUT2D eigenvalue weighted by Gasteiger charge is -2.13. The fraction of sp³-hybridized carbons (Fsp3) is 0.200. The maximum atomic E-state index is 14.2. The number of halogens is 2. The number of aromatic nitrogens is 2. The second-order valence-electron chi connectivity index (χ2n) is 6.50. The smallest absolute Gasteiger partial charge is 0.261 e. The van der Waals surface area contributed by atoms with Crippen molar-refractivity contribution in [2.45, 2.75) is 25.4 Å². The summed E-state index contributed by atoms with van der Waals surface area (Å²) in [6, 6.07) is 10.2. The molecule has 7 heteroatoms. The number of hydrogen-bond acceptors (Lipinski definition) is 3. The predicted molar refractivity (Wildman–Crippen MR) is 107 cm³/mol. The van der Waals surface area contributed by atoms with Gasteiger partial charge in [-0.25, -0.2) is 9.07 Å². The van der Waals surface area contributed by atoms with Gasteiger partial charge in [0.05, 0.1) is 22.0 Å². The molecule has 0 spiro atoms. The molecule has 1 aromatic heterocycles. The van der Waals surface area contributed by atoms with Crippen LogP contribution in [-0.2, 0) is 11.5 Å². The number of nitrogens with one attached hydrogen (secondary N) is 1. The molecule has 0 unspecified atom stereocenters. The minimum absolute atomic E-state index is 0.0794. The van der Waals surface area contributed by atoms with Crippen molar-refractivity contribution in [3.63, 3.8) is 0 Å². The SMILES string of the molecule is Cc1ccc(-n2nc3c(c2NC(=O)c2c(F)cccc2Cl)CSC3)cc1C. The summed E-state index contributed by atoms with van der Waals surface area (Å²) in [5.41, 5.74) is 4.91. The van der Waals surface area contributed by atoms with E-state index in [-0.39, 0.29) is 10.6 Å². The molecule has 2 aromatic carbocycles. The molecule has 0 saturated carbocycles. The van der Waals surface area contributed by atoms with Crippen LogP contribution in [0.4, 0.5) is 10.2 Å². The lowest BCUT2D eigenvalue weighted by atomic mass is 10.1. The number of amides is 1. The first-order chi connectivity index (χ1) is 13.0. The van der Waals surface area contributed by atoms with Crippen molar-refractivity contribution in [2.75, 3.05) is 5.32 Å². The Balaban J connectivity index is 1.78. The minimum atomic E-state index is -0.650. The van der Waals surface area contributed by atoms with Crippen LogP contribution in [0.15, 0.2) is 36.4 Å². The zero-order valence-electron chi connectivity index (χ0n) is 14.8. The number of aryl methyl sites for hydroxylation is 2. The molecule has 1 amide bonds. The lowest BCUT2D eigenvalue weighted by molar-refractivity contribution is 0.102. The van der Waals surface area contributed by atoms with E-state index in [1.165, 1.54) is 23.8 Å². The molecule has 0 fully saturated rings. The topological polar surface area (TPSA) is 46.9 Å². The quantitative estimate of drug-likeness (QED) is 0.649. The molecule has 3 aromatic rings. The van der Waals surface area contributed by atoms with Gasteiger partial charge in [0.25, 0.3) is 5.91 Å². The van der Waals surface area contributed by atoms with E-state index in [0.29, 0.717) is 5.82 Å². The van der Waals surface area contributed by atoms with E-state index < -0.39 is 11.7 Å². The zero-order chi connectivity index (χ0) is 19.1. The van der Waals surface area contributed by atoms with E-state index in [9.17, 15) is 9.18 Å². The van der Waals surface area contributed by atoms with Gasteiger partial charge in [-0.15, -0.1) is 0 Å². The highest BCUT2D eigenvalue weighted by atomic mass is 35.5. The Morgan fingerprint density at radius 3 is 2.78 bits per heavy atom. The average molecular weight is 402 g/mol. The van der Waals surface area contributed by atoms with Crippen molar-refractivity contribution in [3.8, 4) is 5.69 Å². The minimum Gasteiger partial charge on any atom is -0.306 e. The second kappa shape index (κ2) is 7.02. The van der Waals surface area contributed by atoms with E-state index in [0.717, 1.165) is 34.0 Å². The molecular formula is C20H17ClFN3OS. The Bertz CT molecular complexity index is 1040. The number of thioether (sulfide) groups is 1. The molecule has 0 bridgehead atoms. The first kappa shape index (κ1) is 18.1. The third-order valence-electron chi connectivity index (χ3n) is 4.71. The van der Waals surface area contributed by atoms with Crippen LogP contribution in [0.25, 0.3) is 5.69 Å². The highest BCUT2D eigenvalue weighted by molar-refractivity contribution is 7.98. The summed E-state index contributed by atoms with van der Waals surface area (Å²) >= 11 is 7.78. The number of hydrogen-bond donors (Lipinski definition) is 1. The van der Waals surface area contributed by atoms with Gasteiger partial charge in [-0.3, -0.25) is 4.79 Å². The third-order valence-corrected chi connectivity index (χ3v) is 5.99. The normalized spacial score (nSPS) is 12.9. The molecule has 0 radical (unpaired) electrons. The molecule has 0 aliphatic carbocycles. The maximum Gasteiger partial charge on any atom is 0.261 e. The summed E-state index contributed by atoms with van der Waals surface area (Å²) in [4.78, 5) is 12.8. The Hall–Kier alpha value is -2.31. The summed E-state index contributed by atoms with van der Waals surface area (Å²) in [5, 5.41) is 7.60. The molecular weight excluding hydrogens is 385 g/mol. The van der Waals surface area contributed by atoms with Gasteiger partial charge in [0.1, 0.15) is 11.6 Å². The molecule has 27 heavy (non-hydrogen) atoms. The second-order valence-corrected chi connectivity index (χ2v) is 7.89. The van der Waals surface area contributed by atoms with E-state index in [4.69, 9.17) is 11.6 Å². The summed E-state index contributed by atoms with van der Waals surface area (Å²) in [7, 11) is 0. The summed E-state index contributed by atoms with van der Waals surface area (Å²) in [5.74, 6) is 0.880. The van der Waals surface area contributed by atoms with Crippen molar-refractivity contribution < 1.29 is 9.18 Å².